The first kappa shape index (κ1) is 22.9. The number of benzene rings is 1. The number of nitrogens with zero attached hydrogens (tertiary/aromatic N) is 5. The fourth-order valence-electron chi connectivity index (χ4n) is 4.42. The number of nitrogens with two attached hydrogens (primary N) is 1. The molecule has 4 aromatic rings. The summed E-state index contributed by atoms with van der Waals surface area (Å²) in [6.45, 7) is 0.207. The van der Waals surface area contributed by atoms with Crippen LogP contribution in [0, 0.1) is 0 Å². The lowest BCUT2D eigenvalue weighted by atomic mass is 10.0. The fourth-order valence-corrected chi connectivity index (χ4v) is 4.42. The Labute approximate surface area is 204 Å². The molecule has 1 fully saturated rings. The smallest absolute Gasteiger partial charge is 0.271 e. The van der Waals surface area contributed by atoms with Crippen molar-refractivity contribution in [3.63, 3.8) is 0 Å². The molecule has 0 saturated carbocycles. The Morgan fingerprint density at radius 1 is 1.14 bits per heavy atom. The SMILES string of the molecule is NC(=O)c1nn(CC(=O)N2CCC[C@H]2C(=O)Nc2ccc[nH]c2=O)c2ccc(-c3ccnnc3)cc12. The van der Waals surface area contributed by atoms with Gasteiger partial charge in [0.25, 0.3) is 11.5 Å². The van der Waals surface area contributed by atoms with Gasteiger partial charge in [-0.15, -0.1) is 0 Å². The van der Waals surface area contributed by atoms with Crippen LogP contribution in [0.4, 0.5) is 5.69 Å². The van der Waals surface area contributed by atoms with Gasteiger partial charge < -0.3 is 20.9 Å². The van der Waals surface area contributed by atoms with Gasteiger partial charge in [-0.3, -0.25) is 23.9 Å². The van der Waals surface area contributed by atoms with Crippen molar-refractivity contribution in [1.82, 2.24) is 29.9 Å². The summed E-state index contributed by atoms with van der Waals surface area (Å²) in [6.07, 6.45) is 5.74. The topological polar surface area (TPSA) is 169 Å². The van der Waals surface area contributed by atoms with E-state index in [1.807, 2.05) is 6.07 Å². The van der Waals surface area contributed by atoms with E-state index in [0.717, 1.165) is 11.1 Å². The molecular formula is C24H22N8O4. The van der Waals surface area contributed by atoms with Crippen LogP contribution < -0.4 is 16.6 Å². The number of aromatic amines is 1. The average Bonchev–Trinajstić information content (AvgIpc) is 3.51. The molecule has 1 aliphatic heterocycles. The minimum Gasteiger partial charge on any atom is -0.364 e. The maximum Gasteiger partial charge on any atom is 0.271 e. The Hall–Kier alpha value is -4.87. The molecule has 3 amide bonds. The highest BCUT2D eigenvalue weighted by molar-refractivity contribution is 6.05. The molecule has 0 unspecified atom stereocenters. The predicted molar refractivity (Wildman–Crippen MR) is 130 cm³/mol. The van der Waals surface area contributed by atoms with Gasteiger partial charge in [0.15, 0.2) is 5.69 Å². The highest BCUT2D eigenvalue weighted by atomic mass is 16.2. The van der Waals surface area contributed by atoms with Crippen molar-refractivity contribution in [2.24, 2.45) is 5.73 Å². The van der Waals surface area contributed by atoms with Gasteiger partial charge in [-0.25, -0.2) is 0 Å². The molecule has 12 heteroatoms. The number of nitrogens with one attached hydrogen (secondary N) is 2. The highest BCUT2D eigenvalue weighted by Crippen LogP contribution is 2.27. The Bertz CT molecular complexity index is 1530. The van der Waals surface area contributed by atoms with Crippen LogP contribution in [0.25, 0.3) is 22.0 Å². The quantitative estimate of drug-likeness (QED) is 0.364. The molecule has 0 spiro atoms. The Kier molecular flexibility index (Phi) is 5.98. The summed E-state index contributed by atoms with van der Waals surface area (Å²) in [4.78, 5) is 54.1. The van der Waals surface area contributed by atoms with Gasteiger partial charge in [0.1, 0.15) is 18.3 Å². The molecule has 0 aliphatic carbocycles. The first-order valence-electron chi connectivity index (χ1n) is 11.3. The fraction of sp³-hybridized carbons (Fsp3) is 0.208. The van der Waals surface area contributed by atoms with Crippen molar-refractivity contribution >= 4 is 34.3 Å². The number of amides is 3. The van der Waals surface area contributed by atoms with Crippen molar-refractivity contribution < 1.29 is 14.4 Å². The number of fused-ring (bicyclic) bond motifs is 1. The van der Waals surface area contributed by atoms with Crippen LogP contribution >= 0.6 is 0 Å². The van der Waals surface area contributed by atoms with Gasteiger partial charge in [-0.05, 0) is 48.7 Å². The Morgan fingerprint density at radius 2 is 2.00 bits per heavy atom. The van der Waals surface area contributed by atoms with Crippen molar-refractivity contribution in [2.45, 2.75) is 25.4 Å². The van der Waals surface area contributed by atoms with E-state index in [9.17, 15) is 19.2 Å². The molecule has 5 rings (SSSR count). The normalized spacial score (nSPS) is 15.2. The van der Waals surface area contributed by atoms with E-state index in [4.69, 9.17) is 5.73 Å². The molecule has 4 N–H and O–H groups in total. The largest absolute Gasteiger partial charge is 0.364 e. The zero-order valence-electron chi connectivity index (χ0n) is 19.0. The van der Waals surface area contributed by atoms with Gasteiger partial charge in [0.2, 0.25) is 11.8 Å². The van der Waals surface area contributed by atoms with Gasteiger partial charge in [-0.1, -0.05) is 6.07 Å². The van der Waals surface area contributed by atoms with Crippen LogP contribution in [0.5, 0.6) is 0 Å². The van der Waals surface area contributed by atoms with Crippen LogP contribution in [0.1, 0.15) is 23.3 Å². The number of primary amides is 1. The molecule has 0 bridgehead atoms. The number of rotatable bonds is 6. The summed E-state index contributed by atoms with van der Waals surface area (Å²) in [5.41, 5.74) is 7.45. The zero-order chi connectivity index (χ0) is 25.2. The lowest BCUT2D eigenvalue weighted by Crippen LogP contribution is -2.45. The molecular weight excluding hydrogens is 464 g/mol. The Morgan fingerprint density at radius 3 is 2.75 bits per heavy atom. The molecule has 1 saturated heterocycles. The van der Waals surface area contributed by atoms with E-state index < -0.39 is 23.4 Å². The summed E-state index contributed by atoms with van der Waals surface area (Å²) >= 11 is 0. The second-order valence-electron chi connectivity index (χ2n) is 8.38. The van der Waals surface area contributed by atoms with Gasteiger partial charge >= 0.3 is 0 Å². The maximum atomic E-state index is 13.2. The first-order valence-corrected chi connectivity index (χ1v) is 11.3. The van der Waals surface area contributed by atoms with E-state index in [1.165, 1.54) is 21.8 Å². The maximum absolute atomic E-state index is 13.2. The molecule has 182 valence electrons. The number of pyridine rings is 1. The summed E-state index contributed by atoms with van der Waals surface area (Å²) in [5, 5.41) is 15.1. The van der Waals surface area contributed by atoms with E-state index in [2.05, 4.69) is 25.6 Å². The Balaban J connectivity index is 1.40. The molecule has 0 radical (unpaired) electrons. The number of likely N-dealkylation sites (tertiary alicyclic amines) is 1. The van der Waals surface area contributed by atoms with Gasteiger partial charge in [0, 0.05) is 23.7 Å². The molecule has 1 atom stereocenters. The van der Waals surface area contributed by atoms with Crippen LogP contribution in [0.2, 0.25) is 0 Å². The monoisotopic (exact) mass is 486 g/mol. The number of H-pyrrole nitrogens is 1. The molecule has 1 aliphatic rings. The van der Waals surface area contributed by atoms with E-state index >= 15 is 0 Å². The molecule has 3 aromatic heterocycles. The second-order valence-corrected chi connectivity index (χ2v) is 8.38. The summed E-state index contributed by atoms with van der Waals surface area (Å²) in [7, 11) is 0. The molecule has 1 aromatic carbocycles. The summed E-state index contributed by atoms with van der Waals surface area (Å²) in [5.74, 6) is -1.49. The van der Waals surface area contributed by atoms with Crippen LogP contribution in [-0.2, 0) is 16.1 Å². The number of carbonyl (C=O) groups is 3. The van der Waals surface area contributed by atoms with Crippen molar-refractivity contribution in [3.8, 4) is 11.1 Å². The van der Waals surface area contributed by atoms with E-state index in [1.54, 1.807) is 36.7 Å². The van der Waals surface area contributed by atoms with Crippen LogP contribution in [0.3, 0.4) is 0 Å². The lowest BCUT2D eigenvalue weighted by Gasteiger charge is -2.24. The number of hydrogen-bond donors (Lipinski definition) is 3. The third-order valence-electron chi connectivity index (χ3n) is 6.14. The van der Waals surface area contributed by atoms with Crippen LogP contribution in [0.15, 0.2) is 59.8 Å². The van der Waals surface area contributed by atoms with Crippen molar-refractivity contribution in [1.29, 1.82) is 0 Å². The number of hydrogen-bond acceptors (Lipinski definition) is 7. The molecule has 4 heterocycles. The highest BCUT2D eigenvalue weighted by Gasteiger charge is 2.34. The van der Waals surface area contributed by atoms with Crippen LogP contribution in [-0.4, -0.2) is 60.2 Å². The minimum absolute atomic E-state index is 0.0423. The minimum atomic E-state index is -0.722. The molecule has 36 heavy (non-hydrogen) atoms. The van der Waals surface area contributed by atoms with Gasteiger partial charge in [-0.2, -0.15) is 15.3 Å². The third kappa shape index (κ3) is 4.31. The standard InChI is InChI=1S/C24H22N8O4/c25-22(34)21-16-11-14(15-7-9-27-28-12-15)5-6-18(16)32(30-21)13-20(33)31-10-2-4-19(31)24(36)29-17-3-1-8-26-23(17)35/h1,3,5-9,11-12,19H,2,4,10,13H2,(H2,25,34)(H,26,35)(H,29,36)/t19-/m0/s1. The average molecular weight is 486 g/mol. The van der Waals surface area contributed by atoms with E-state index in [-0.39, 0.29) is 23.8 Å². The number of anilines is 1. The van der Waals surface area contributed by atoms with Gasteiger partial charge in [0.05, 0.1) is 17.9 Å². The second kappa shape index (κ2) is 9.41. The summed E-state index contributed by atoms with van der Waals surface area (Å²) in [6, 6.07) is 9.52. The number of carbonyl (C=O) groups excluding carboxylic acids is 3. The third-order valence-corrected chi connectivity index (χ3v) is 6.14. The first-order chi connectivity index (χ1) is 17.4. The summed E-state index contributed by atoms with van der Waals surface area (Å²) < 4.78 is 1.42. The van der Waals surface area contributed by atoms with Crippen molar-refractivity contribution in [2.75, 3.05) is 11.9 Å². The van der Waals surface area contributed by atoms with E-state index in [0.29, 0.717) is 30.3 Å². The zero-order valence-corrected chi connectivity index (χ0v) is 19.0. The van der Waals surface area contributed by atoms with Crippen molar-refractivity contribution in [3.05, 3.63) is 71.0 Å². The molecule has 12 nitrogen and oxygen atoms in total. The predicted octanol–water partition coefficient (Wildman–Crippen LogP) is 0.910. The number of aromatic nitrogens is 5. The lowest BCUT2D eigenvalue weighted by molar-refractivity contribution is -0.137.